The van der Waals surface area contributed by atoms with Gasteiger partial charge in [0.05, 0.1) is 16.8 Å². The molecule has 1 aromatic carbocycles. The first-order chi connectivity index (χ1) is 11.5. The van der Waals surface area contributed by atoms with E-state index in [-0.39, 0.29) is 12.0 Å². The normalized spacial score (nSPS) is 23.7. The lowest BCUT2D eigenvalue weighted by atomic mass is 10.1. The van der Waals surface area contributed by atoms with Crippen LogP contribution in [0.4, 0.5) is 11.8 Å². The van der Waals surface area contributed by atoms with E-state index in [1.54, 1.807) is 6.20 Å². The molecule has 1 fully saturated rings. The number of benzene rings is 1. The standard InChI is InChI=1S/C17H20N6O/c1-17(24)6-4-11(9-17)20-15-12-3-2-10(13-5-7-19-23-13)8-14(12)21-16(18)22-15/h2-3,5,7-8,11,24H,4,6,9H2,1H3,(H,19,23)(H3,18,20,21,22). The number of aromatic nitrogens is 4. The van der Waals surface area contributed by atoms with Crippen molar-refractivity contribution in [3.63, 3.8) is 0 Å². The van der Waals surface area contributed by atoms with E-state index in [9.17, 15) is 5.11 Å². The van der Waals surface area contributed by atoms with E-state index in [4.69, 9.17) is 5.73 Å². The van der Waals surface area contributed by atoms with Gasteiger partial charge in [0.15, 0.2) is 0 Å². The lowest BCUT2D eigenvalue weighted by Gasteiger charge is -2.18. The molecule has 1 aliphatic rings. The predicted octanol–water partition coefficient (Wildman–Crippen LogP) is 2.32. The Hall–Kier alpha value is -2.67. The maximum absolute atomic E-state index is 10.1. The van der Waals surface area contributed by atoms with Gasteiger partial charge >= 0.3 is 0 Å². The molecule has 0 radical (unpaired) electrons. The number of rotatable bonds is 3. The molecule has 2 atom stereocenters. The smallest absolute Gasteiger partial charge is 0.222 e. The molecule has 24 heavy (non-hydrogen) atoms. The van der Waals surface area contributed by atoms with Crippen LogP contribution in [0.5, 0.6) is 0 Å². The number of fused-ring (bicyclic) bond motifs is 1. The fourth-order valence-electron chi connectivity index (χ4n) is 3.38. The Labute approximate surface area is 139 Å². The molecule has 0 saturated heterocycles. The van der Waals surface area contributed by atoms with Crippen molar-refractivity contribution in [3.05, 3.63) is 30.5 Å². The van der Waals surface area contributed by atoms with Crippen LogP contribution in [0.1, 0.15) is 26.2 Å². The Morgan fingerprint density at radius 2 is 2.21 bits per heavy atom. The third kappa shape index (κ3) is 2.78. The monoisotopic (exact) mass is 324 g/mol. The van der Waals surface area contributed by atoms with Crippen LogP contribution in [0.2, 0.25) is 0 Å². The summed E-state index contributed by atoms with van der Waals surface area (Å²) < 4.78 is 0. The zero-order valence-electron chi connectivity index (χ0n) is 13.5. The van der Waals surface area contributed by atoms with Crippen molar-refractivity contribution < 1.29 is 5.11 Å². The third-order valence-electron chi connectivity index (χ3n) is 4.58. The molecule has 0 aliphatic heterocycles. The summed E-state index contributed by atoms with van der Waals surface area (Å²) in [4.78, 5) is 8.71. The molecule has 7 heteroatoms. The van der Waals surface area contributed by atoms with Gasteiger partial charge < -0.3 is 16.2 Å². The largest absolute Gasteiger partial charge is 0.390 e. The molecule has 4 rings (SSSR count). The Bertz CT molecular complexity index is 874. The molecule has 1 saturated carbocycles. The molecule has 0 bridgehead atoms. The third-order valence-corrected chi connectivity index (χ3v) is 4.58. The van der Waals surface area contributed by atoms with Gasteiger partial charge in [0.25, 0.3) is 0 Å². The number of nitrogen functional groups attached to an aromatic ring is 1. The van der Waals surface area contributed by atoms with Crippen molar-refractivity contribution in [2.24, 2.45) is 0 Å². The minimum absolute atomic E-state index is 0.185. The predicted molar refractivity (Wildman–Crippen MR) is 93.4 cm³/mol. The summed E-state index contributed by atoms with van der Waals surface area (Å²) >= 11 is 0. The molecule has 2 unspecified atom stereocenters. The van der Waals surface area contributed by atoms with E-state index < -0.39 is 5.60 Å². The van der Waals surface area contributed by atoms with E-state index in [1.807, 2.05) is 31.2 Å². The van der Waals surface area contributed by atoms with Crippen molar-refractivity contribution in [2.75, 3.05) is 11.1 Å². The Morgan fingerprint density at radius 1 is 1.33 bits per heavy atom. The van der Waals surface area contributed by atoms with Crippen LogP contribution in [0, 0.1) is 0 Å². The molecular weight excluding hydrogens is 304 g/mol. The number of hydrogen-bond acceptors (Lipinski definition) is 6. The van der Waals surface area contributed by atoms with Crippen LogP contribution in [0.25, 0.3) is 22.2 Å². The summed E-state index contributed by atoms with van der Waals surface area (Å²) in [6.45, 7) is 1.87. The average Bonchev–Trinajstić information content (AvgIpc) is 3.16. The summed E-state index contributed by atoms with van der Waals surface area (Å²) in [5, 5.41) is 21.4. The van der Waals surface area contributed by atoms with E-state index in [0.717, 1.165) is 40.8 Å². The van der Waals surface area contributed by atoms with E-state index in [1.165, 1.54) is 0 Å². The second-order valence-electron chi connectivity index (χ2n) is 6.71. The van der Waals surface area contributed by atoms with E-state index in [2.05, 4.69) is 25.5 Å². The molecule has 7 nitrogen and oxygen atoms in total. The number of hydrogen-bond donors (Lipinski definition) is 4. The maximum atomic E-state index is 10.1. The molecule has 2 heterocycles. The fraction of sp³-hybridized carbons (Fsp3) is 0.353. The maximum Gasteiger partial charge on any atom is 0.222 e. The minimum atomic E-state index is -0.611. The van der Waals surface area contributed by atoms with Crippen LogP contribution in [-0.2, 0) is 0 Å². The van der Waals surface area contributed by atoms with Crippen LogP contribution in [-0.4, -0.2) is 36.9 Å². The van der Waals surface area contributed by atoms with Crippen molar-refractivity contribution in [1.82, 2.24) is 20.2 Å². The summed E-state index contributed by atoms with van der Waals surface area (Å²) in [5.74, 6) is 0.952. The Balaban J connectivity index is 1.71. The summed E-state index contributed by atoms with van der Waals surface area (Å²) in [6.07, 6.45) is 4.11. The first-order valence-corrected chi connectivity index (χ1v) is 8.06. The van der Waals surface area contributed by atoms with Crippen molar-refractivity contribution >= 4 is 22.7 Å². The highest BCUT2D eigenvalue weighted by Gasteiger charge is 2.33. The van der Waals surface area contributed by atoms with E-state index >= 15 is 0 Å². The Morgan fingerprint density at radius 3 is 2.92 bits per heavy atom. The molecule has 0 amide bonds. The van der Waals surface area contributed by atoms with Crippen molar-refractivity contribution in [3.8, 4) is 11.3 Å². The van der Waals surface area contributed by atoms with Gasteiger partial charge in [-0.1, -0.05) is 6.07 Å². The first-order valence-electron chi connectivity index (χ1n) is 8.06. The topological polar surface area (TPSA) is 113 Å². The zero-order chi connectivity index (χ0) is 16.7. The lowest BCUT2D eigenvalue weighted by molar-refractivity contribution is 0.0673. The number of aromatic amines is 1. The minimum Gasteiger partial charge on any atom is -0.390 e. The van der Waals surface area contributed by atoms with Gasteiger partial charge in [-0.05, 0) is 44.4 Å². The van der Waals surface area contributed by atoms with Crippen LogP contribution >= 0.6 is 0 Å². The number of aliphatic hydroxyl groups is 1. The number of anilines is 2. The molecule has 5 N–H and O–H groups in total. The van der Waals surface area contributed by atoms with Gasteiger partial charge in [0, 0.05) is 23.2 Å². The highest BCUT2D eigenvalue weighted by atomic mass is 16.3. The lowest BCUT2D eigenvalue weighted by Crippen LogP contribution is -2.24. The molecule has 0 spiro atoms. The SMILES string of the molecule is CC1(O)CCC(Nc2nc(N)nc3cc(-c4ccn[nH]4)ccc23)C1. The van der Waals surface area contributed by atoms with Crippen molar-refractivity contribution in [1.29, 1.82) is 0 Å². The Kier molecular flexibility index (Phi) is 3.38. The molecule has 1 aliphatic carbocycles. The zero-order valence-corrected chi connectivity index (χ0v) is 13.5. The number of H-pyrrole nitrogens is 1. The van der Waals surface area contributed by atoms with Crippen LogP contribution in [0.15, 0.2) is 30.5 Å². The van der Waals surface area contributed by atoms with Gasteiger partial charge in [0.2, 0.25) is 5.95 Å². The highest BCUT2D eigenvalue weighted by molar-refractivity contribution is 5.92. The highest BCUT2D eigenvalue weighted by Crippen LogP contribution is 2.33. The average molecular weight is 324 g/mol. The molecular formula is C17H20N6O. The second-order valence-corrected chi connectivity index (χ2v) is 6.71. The molecule has 2 aromatic heterocycles. The number of nitrogens with two attached hydrogens (primary N) is 1. The molecule has 3 aromatic rings. The van der Waals surface area contributed by atoms with Gasteiger partial charge in [-0.25, -0.2) is 4.98 Å². The van der Waals surface area contributed by atoms with Gasteiger partial charge in [-0.15, -0.1) is 0 Å². The van der Waals surface area contributed by atoms with Crippen LogP contribution < -0.4 is 11.1 Å². The first kappa shape index (κ1) is 14.9. The van der Waals surface area contributed by atoms with Crippen molar-refractivity contribution in [2.45, 2.75) is 37.8 Å². The fourth-order valence-corrected chi connectivity index (χ4v) is 3.38. The summed E-state index contributed by atoms with van der Waals surface area (Å²) in [5.41, 5.74) is 7.98. The van der Waals surface area contributed by atoms with Gasteiger partial charge in [-0.3, -0.25) is 5.10 Å². The molecule has 124 valence electrons. The second kappa shape index (κ2) is 5.45. The van der Waals surface area contributed by atoms with Gasteiger partial charge in [0.1, 0.15) is 5.82 Å². The van der Waals surface area contributed by atoms with E-state index in [0.29, 0.717) is 6.42 Å². The quantitative estimate of drug-likeness (QED) is 0.588. The summed E-state index contributed by atoms with van der Waals surface area (Å²) in [6, 6.07) is 8.05. The number of nitrogens with one attached hydrogen (secondary N) is 2. The van der Waals surface area contributed by atoms with Gasteiger partial charge in [-0.2, -0.15) is 10.1 Å². The van der Waals surface area contributed by atoms with Crippen LogP contribution in [0.3, 0.4) is 0 Å². The number of nitrogens with zero attached hydrogens (tertiary/aromatic N) is 3. The summed E-state index contributed by atoms with van der Waals surface area (Å²) in [7, 11) is 0.